The Bertz CT molecular complexity index is 1030. The van der Waals surface area contributed by atoms with Gasteiger partial charge in [-0.15, -0.1) is 0 Å². The summed E-state index contributed by atoms with van der Waals surface area (Å²) in [4.78, 5) is 13.0. The summed E-state index contributed by atoms with van der Waals surface area (Å²) >= 11 is 6.07. The third-order valence-electron chi connectivity index (χ3n) is 4.76. The number of halogens is 1. The van der Waals surface area contributed by atoms with Crippen LogP contribution in [0, 0.1) is 6.92 Å². The third kappa shape index (κ3) is 5.37. The lowest BCUT2D eigenvalue weighted by Gasteiger charge is -2.30. The summed E-state index contributed by atoms with van der Waals surface area (Å²) in [6, 6.07) is 8.88. The fourth-order valence-corrected chi connectivity index (χ4v) is 4.53. The zero-order chi connectivity index (χ0) is 22.6. The molecule has 1 amide bonds. The van der Waals surface area contributed by atoms with E-state index in [1.807, 2.05) is 6.07 Å². The van der Waals surface area contributed by atoms with E-state index in [1.54, 1.807) is 51.3 Å². The van der Waals surface area contributed by atoms with Crippen molar-refractivity contribution in [1.29, 1.82) is 0 Å². The molecule has 0 aliphatic carbocycles. The van der Waals surface area contributed by atoms with Gasteiger partial charge in [-0.2, -0.15) is 0 Å². The first-order valence-corrected chi connectivity index (χ1v) is 11.5. The second-order valence-electron chi connectivity index (χ2n) is 7.01. The molecule has 0 heterocycles. The Morgan fingerprint density at radius 3 is 2.27 bits per heavy atom. The fraction of sp³-hybridized carbons (Fsp3) is 0.381. The van der Waals surface area contributed by atoms with Crippen molar-refractivity contribution < 1.29 is 22.7 Å². The van der Waals surface area contributed by atoms with E-state index in [4.69, 9.17) is 21.1 Å². The van der Waals surface area contributed by atoms with Crippen LogP contribution in [0.1, 0.15) is 31.0 Å². The van der Waals surface area contributed by atoms with E-state index in [2.05, 4.69) is 5.32 Å². The summed E-state index contributed by atoms with van der Waals surface area (Å²) in [6.07, 6.45) is 1.06. The second kappa shape index (κ2) is 9.57. The maximum absolute atomic E-state index is 13.0. The Hall–Kier alpha value is -2.45. The third-order valence-corrected chi connectivity index (χ3v) is 6.23. The van der Waals surface area contributed by atoms with Gasteiger partial charge in [-0.1, -0.05) is 23.7 Å². The smallest absolute Gasteiger partial charge is 0.244 e. The minimum Gasteiger partial charge on any atom is -0.493 e. The monoisotopic (exact) mass is 454 g/mol. The Balaban J connectivity index is 2.30. The maximum Gasteiger partial charge on any atom is 0.244 e. The number of nitrogens with one attached hydrogen (secondary N) is 1. The normalized spacial score (nSPS) is 13.3. The topological polar surface area (TPSA) is 84.9 Å². The number of carbonyl (C=O) groups excluding carboxylic acids is 1. The lowest BCUT2D eigenvalue weighted by Crippen LogP contribution is -2.48. The number of hydrogen-bond acceptors (Lipinski definition) is 5. The van der Waals surface area contributed by atoms with Crippen LogP contribution in [-0.2, 0) is 14.8 Å². The molecule has 0 saturated carbocycles. The Kier molecular flexibility index (Phi) is 7.60. The number of anilines is 1. The van der Waals surface area contributed by atoms with E-state index in [9.17, 15) is 13.2 Å². The minimum absolute atomic E-state index is 0.367. The number of benzene rings is 2. The Morgan fingerprint density at radius 1 is 1.07 bits per heavy atom. The van der Waals surface area contributed by atoms with E-state index < -0.39 is 22.0 Å². The molecule has 2 aromatic rings. The van der Waals surface area contributed by atoms with Crippen molar-refractivity contribution in [3.8, 4) is 11.5 Å². The molecule has 9 heteroatoms. The number of rotatable bonds is 8. The van der Waals surface area contributed by atoms with Gasteiger partial charge in [0.25, 0.3) is 0 Å². The summed E-state index contributed by atoms with van der Waals surface area (Å²) in [5.74, 6) is 0.673. The first-order valence-electron chi connectivity index (χ1n) is 9.27. The molecule has 30 heavy (non-hydrogen) atoms. The van der Waals surface area contributed by atoms with E-state index in [0.29, 0.717) is 27.8 Å². The number of aryl methyl sites for hydroxylation is 1. The highest BCUT2D eigenvalue weighted by molar-refractivity contribution is 7.92. The molecule has 0 radical (unpaired) electrons. The molecule has 0 aromatic heterocycles. The predicted molar refractivity (Wildman–Crippen MR) is 119 cm³/mol. The van der Waals surface area contributed by atoms with Gasteiger partial charge in [-0.3, -0.25) is 9.10 Å². The molecule has 0 spiro atoms. The van der Waals surface area contributed by atoms with Gasteiger partial charge in [0.2, 0.25) is 15.9 Å². The van der Waals surface area contributed by atoms with Crippen molar-refractivity contribution in [3.63, 3.8) is 0 Å². The molecule has 164 valence electrons. The number of sulfonamides is 1. The maximum atomic E-state index is 13.0. The van der Waals surface area contributed by atoms with Crippen LogP contribution in [0.4, 0.5) is 5.69 Å². The summed E-state index contributed by atoms with van der Waals surface area (Å²) in [5, 5.41) is 3.25. The molecule has 0 bridgehead atoms. The largest absolute Gasteiger partial charge is 0.493 e. The molecule has 2 rings (SSSR count). The van der Waals surface area contributed by atoms with Crippen molar-refractivity contribution >= 4 is 33.2 Å². The first-order chi connectivity index (χ1) is 14.0. The highest BCUT2D eigenvalue weighted by Crippen LogP contribution is 2.31. The van der Waals surface area contributed by atoms with Crippen molar-refractivity contribution in [2.24, 2.45) is 0 Å². The summed E-state index contributed by atoms with van der Waals surface area (Å²) < 4.78 is 36.7. The van der Waals surface area contributed by atoms with Gasteiger partial charge in [-0.05, 0) is 56.2 Å². The molecule has 2 atom stereocenters. The second-order valence-corrected chi connectivity index (χ2v) is 9.31. The van der Waals surface area contributed by atoms with Gasteiger partial charge in [0, 0.05) is 5.02 Å². The van der Waals surface area contributed by atoms with Crippen LogP contribution in [0.2, 0.25) is 5.02 Å². The zero-order valence-corrected chi connectivity index (χ0v) is 19.5. The van der Waals surface area contributed by atoms with Gasteiger partial charge >= 0.3 is 0 Å². The molecule has 1 N–H and O–H groups in total. The Morgan fingerprint density at radius 2 is 1.70 bits per heavy atom. The van der Waals surface area contributed by atoms with Gasteiger partial charge < -0.3 is 14.8 Å². The van der Waals surface area contributed by atoms with Crippen LogP contribution in [0.15, 0.2) is 36.4 Å². The molecule has 2 aromatic carbocycles. The predicted octanol–water partition coefficient (Wildman–Crippen LogP) is 3.70. The molecule has 0 saturated heterocycles. The SMILES string of the molecule is COc1ccc([C@H](C)NC(=O)[C@H](C)N(c2cc(Cl)ccc2C)S(C)(=O)=O)cc1OC. The molecule has 0 unspecified atom stereocenters. The van der Waals surface area contributed by atoms with Gasteiger partial charge in [0.15, 0.2) is 11.5 Å². The average molecular weight is 455 g/mol. The summed E-state index contributed by atoms with van der Waals surface area (Å²) in [5.41, 5.74) is 1.85. The standard InChI is InChI=1S/C21H27ClN2O5S/c1-13-7-9-17(22)12-18(13)24(30(6,26)27)15(3)21(25)23-14(2)16-8-10-19(28-4)20(11-16)29-5/h7-12,14-15H,1-6H3,(H,23,25)/t14-,15-/m0/s1. The van der Waals surface area contributed by atoms with Crippen LogP contribution in [0.25, 0.3) is 0 Å². The van der Waals surface area contributed by atoms with Gasteiger partial charge in [0.05, 0.1) is 32.2 Å². The lowest BCUT2D eigenvalue weighted by atomic mass is 10.1. The highest BCUT2D eigenvalue weighted by Gasteiger charge is 2.31. The van der Waals surface area contributed by atoms with Crippen molar-refractivity contribution in [2.45, 2.75) is 32.9 Å². The van der Waals surface area contributed by atoms with Crippen LogP contribution >= 0.6 is 11.6 Å². The number of carbonyl (C=O) groups is 1. The molecule has 0 aliphatic heterocycles. The summed E-state index contributed by atoms with van der Waals surface area (Å²) in [6.45, 7) is 5.11. The van der Waals surface area contributed by atoms with E-state index in [-0.39, 0.29) is 6.04 Å². The van der Waals surface area contributed by atoms with E-state index in [1.165, 1.54) is 14.0 Å². The van der Waals surface area contributed by atoms with Crippen molar-refractivity contribution in [1.82, 2.24) is 5.32 Å². The highest BCUT2D eigenvalue weighted by atomic mass is 35.5. The number of methoxy groups -OCH3 is 2. The van der Waals surface area contributed by atoms with Crippen molar-refractivity contribution in [2.75, 3.05) is 24.8 Å². The average Bonchev–Trinajstić information content (AvgIpc) is 2.68. The van der Waals surface area contributed by atoms with Crippen LogP contribution in [0.5, 0.6) is 11.5 Å². The number of ether oxygens (including phenoxy) is 2. The van der Waals surface area contributed by atoms with Crippen molar-refractivity contribution in [3.05, 3.63) is 52.5 Å². The number of hydrogen-bond donors (Lipinski definition) is 1. The van der Waals surface area contributed by atoms with Crippen LogP contribution in [0.3, 0.4) is 0 Å². The lowest BCUT2D eigenvalue weighted by molar-refractivity contribution is -0.122. The van der Waals surface area contributed by atoms with Gasteiger partial charge in [0.1, 0.15) is 6.04 Å². The fourth-order valence-electron chi connectivity index (χ4n) is 3.14. The minimum atomic E-state index is -3.74. The zero-order valence-electron chi connectivity index (χ0n) is 17.9. The molecular formula is C21H27ClN2O5S. The molecule has 7 nitrogen and oxygen atoms in total. The summed E-state index contributed by atoms with van der Waals surface area (Å²) in [7, 11) is -0.669. The number of nitrogens with zero attached hydrogens (tertiary/aromatic N) is 1. The van der Waals surface area contributed by atoms with Crippen LogP contribution < -0.4 is 19.1 Å². The molecule has 0 fully saturated rings. The van der Waals surface area contributed by atoms with E-state index >= 15 is 0 Å². The number of amides is 1. The Labute approximate surface area is 183 Å². The van der Waals surface area contributed by atoms with Gasteiger partial charge in [-0.25, -0.2) is 8.42 Å². The quantitative estimate of drug-likeness (QED) is 0.657. The first kappa shape index (κ1) is 23.8. The molecular weight excluding hydrogens is 428 g/mol. The van der Waals surface area contributed by atoms with Crippen LogP contribution in [-0.4, -0.2) is 40.8 Å². The molecule has 0 aliphatic rings. The van der Waals surface area contributed by atoms with E-state index in [0.717, 1.165) is 16.1 Å².